The van der Waals surface area contributed by atoms with Gasteiger partial charge in [-0.15, -0.1) is 0 Å². The molecule has 1 N–H and O–H groups in total. The number of imidazole rings is 1. The van der Waals surface area contributed by atoms with Crippen LogP contribution >= 0.6 is 11.6 Å². The number of anilines is 1. The molecule has 3 aromatic rings. The SMILES string of the molecule is Cc1cc2c(ncn2Cc2ccc(Cl)cc2)c(NC2CCCCC2)c1C. The molecule has 0 radical (unpaired) electrons. The average molecular weight is 368 g/mol. The number of nitrogens with one attached hydrogen (secondary N) is 1. The molecule has 1 heterocycles. The number of nitrogens with zero attached hydrogens (tertiary/aromatic N) is 2. The molecule has 0 atom stereocenters. The molecule has 1 saturated carbocycles. The van der Waals surface area contributed by atoms with E-state index >= 15 is 0 Å². The Morgan fingerprint density at radius 3 is 2.58 bits per heavy atom. The smallest absolute Gasteiger partial charge is 0.112 e. The molecule has 0 saturated heterocycles. The number of fused-ring (bicyclic) bond motifs is 1. The highest BCUT2D eigenvalue weighted by atomic mass is 35.5. The highest BCUT2D eigenvalue weighted by molar-refractivity contribution is 6.30. The van der Waals surface area contributed by atoms with E-state index in [0.717, 1.165) is 17.1 Å². The summed E-state index contributed by atoms with van der Waals surface area (Å²) in [6, 6.07) is 10.9. The van der Waals surface area contributed by atoms with E-state index in [0.29, 0.717) is 6.04 Å². The summed E-state index contributed by atoms with van der Waals surface area (Å²) in [6.45, 7) is 5.21. The molecule has 136 valence electrons. The molecular formula is C22H26ClN3. The largest absolute Gasteiger partial charge is 0.380 e. The van der Waals surface area contributed by atoms with Crippen LogP contribution < -0.4 is 5.32 Å². The van der Waals surface area contributed by atoms with Crippen LogP contribution in [0.4, 0.5) is 5.69 Å². The van der Waals surface area contributed by atoms with E-state index in [1.165, 1.54) is 60.0 Å². The summed E-state index contributed by atoms with van der Waals surface area (Å²) in [6.07, 6.45) is 8.52. The second-order valence-electron chi connectivity index (χ2n) is 7.54. The lowest BCUT2D eigenvalue weighted by Gasteiger charge is -2.25. The minimum Gasteiger partial charge on any atom is -0.380 e. The Bertz CT molecular complexity index is 905. The maximum absolute atomic E-state index is 6.01. The summed E-state index contributed by atoms with van der Waals surface area (Å²) in [4.78, 5) is 4.77. The summed E-state index contributed by atoms with van der Waals surface area (Å²) < 4.78 is 2.23. The normalized spacial score (nSPS) is 15.5. The lowest BCUT2D eigenvalue weighted by Crippen LogP contribution is -2.23. The molecule has 0 bridgehead atoms. The zero-order chi connectivity index (χ0) is 18.1. The number of hydrogen-bond acceptors (Lipinski definition) is 2. The lowest BCUT2D eigenvalue weighted by molar-refractivity contribution is 0.463. The van der Waals surface area contributed by atoms with Gasteiger partial charge in [-0.2, -0.15) is 0 Å². The second-order valence-corrected chi connectivity index (χ2v) is 7.98. The first-order valence-electron chi connectivity index (χ1n) is 9.58. The van der Waals surface area contributed by atoms with Gasteiger partial charge >= 0.3 is 0 Å². The van der Waals surface area contributed by atoms with Gasteiger partial charge in [-0.1, -0.05) is 43.0 Å². The van der Waals surface area contributed by atoms with Crippen LogP contribution in [0.25, 0.3) is 11.0 Å². The number of aryl methyl sites for hydroxylation is 1. The predicted octanol–water partition coefficient (Wildman–Crippen LogP) is 6.10. The van der Waals surface area contributed by atoms with E-state index in [9.17, 15) is 0 Å². The van der Waals surface area contributed by atoms with Crippen molar-refractivity contribution in [2.75, 3.05) is 5.32 Å². The van der Waals surface area contributed by atoms with Gasteiger partial charge in [0.1, 0.15) is 5.52 Å². The van der Waals surface area contributed by atoms with Crippen molar-refractivity contribution in [1.29, 1.82) is 0 Å². The maximum Gasteiger partial charge on any atom is 0.112 e. The molecule has 1 fully saturated rings. The number of hydrogen-bond donors (Lipinski definition) is 1. The molecule has 0 aliphatic heterocycles. The van der Waals surface area contributed by atoms with Crippen molar-refractivity contribution in [1.82, 2.24) is 9.55 Å². The van der Waals surface area contributed by atoms with Gasteiger partial charge in [0.2, 0.25) is 0 Å². The van der Waals surface area contributed by atoms with Crippen LogP contribution in [0.5, 0.6) is 0 Å². The van der Waals surface area contributed by atoms with E-state index in [1.54, 1.807) is 0 Å². The van der Waals surface area contributed by atoms with Crippen LogP contribution in [0, 0.1) is 13.8 Å². The number of aromatic nitrogens is 2. The van der Waals surface area contributed by atoms with E-state index < -0.39 is 0 Å². The van der Waals surface area contributed by atoms with Gasteiger partial charge in [-0.3, -0.25) is 0 Å². The van der Waals surface area contributed by atoms with Crippen LogP contribution in [0.2, 0.25) is 5.02 Å². The lowest BCUT2D eigenvalue weighted by atomic mass is 9.94. The van der Waals surface area contributed by atoms with Gasteiger partial charge in [-0.05, 0) is 61.6 Å². The van der Waals surface area contributed by atoms with Gasteiger partial charge in [0.25, 0.3) is 0 Å². The summed E-state index contributed by atoms with van der Waals surface area (Å²) >= 11 is 6.01. The molecule has 0 unspecified atom stereocenters. The van der Waals surface area contributed by atoms with Crippen molar-refractivity contribution in [2.45, 2.75) is 58.5 Å². The van der Waals surface area contributed by atoms with E-state index in [2.05, 4.69) is 41.9 Å². The quantitative estimate of drug-likeness (QED) is 0.603. The van der Waals surface area contributed by atoms with Crippen LogP contribution in [0.1, 0.15) is 48.8 Å². The maximum atomic E-state index is 6.01. The zero-order valence-corrected chi connectivity index (χ0v) is 16.3. The summed E-state index contributed by atoms with van der Waals surface area (Å²) in [7, 11) is 0. The number of benzene rings is 2. The molecule has 3 nitrogen and oxygen atoms in total. The minimum atomic E-state index is 0.578. The first-order valence-corrected chi connectivity index (χ1v) is 9.95. The molecule has 2 aromatic carbocycles. The molecule has 1 aliphatic rings. The van der Waals surface area contributed by atoms with Crippen LogP contribution in [-0.2, 0) is 6.54 Å². The van der Waals surface area contributed by atoms with Gasteiger partial charge in [0.05, 0.1) is 17.5 Å². The molecule has 0 amide bonds. The summed E-state index contributed by atoms with van der Waals surface area (Å²) in [5, 5.41) is 4.60. The topological polar surface area (TPSA) is 29.9 Å². The van der Waals surface area contributed by atoms with Crippen LogP contribution in [0.15, 0.2) is 36.7 Å². The van der Waals surface area contributed by atoms with Crippen LogP contribution in [0.3, 0.4) is 0 Å². The van der Waals surface area contributed by atoms with Crippen molar-refractivity contribution in [3.63, 3.8) is 0 Å². The Morgan fingerprint density at radius 2 is 1.85 bits per heavy atom. The average Bonchev–Trinajstić information content (AvgIpc) is 3.04. The Hall–Kier alpha value is -2.00. The van der Waals surface area contributed by atoms with Gasteiger partial charge in [-0.25, -0.2) is 4.98 Å². The monoisotopic (exact) mass is 367 g/mol. The van der Waals surface area contributed by atoms with Crippen molar-refractivity contribution in [3.05, 3.63) is 58.4 Å². The van der Waals surface area contributed by atoms with Crippen molar-refractivity contribution in [3.8, 4) is 0 Å². The van der Waals surface area contributed by atoms with Gasteiger partial charge < -0.3 is 9.88 Å². The third-order valence-electron chi connectivity index (χ3n) is 5.65. The van der Waals surface area contributed by atoms with Gasteiger partial charge in [0, 0.05) is 17.6 Å². The predicted molar refractivity (Wildman–Crippen MR) is 110 cm³/mol. The number of halogens is 1. The van der Waals surface area contributed by atoms with Crippen molar-refractivity contribution >= 4 is 28.3 Å². The number of rotatable bonds is 4. The third kappa shape index (κ3) is 3.45. The summed E-state index contributed by atoms with van der Waals surface area (Å²) in [5.74, 6) is 0. The Morgan fingerprint density at radius 1 is 1.12 bits per heavy atom. The fraction of sp³-hybridized carbons (Fsp3) is 0.409. The fourth-order valence-electron chi connectivity index (χ4n) is 3.96. The zero-order valence-electron chi connectivity index (χ0n) is 15.6. The fourth-order valence-corrected chi connectivity index (χ4v) is 4.09. The van der Waals surface area contributed by atoms with E-state index in [-0.39, 0.29) is 0 Å². The second kappa shape index (κ2) is 7.32. The Labute approximate surface area is 160 Å². The van der Waals surface area contributed by atoms with Crippen molar-refractivity contribution in [2.24, 2.45) is 0 Å². The van der Waals surface area contributed by atoms with E-state index in [4.69, 9.17) is 16.6 Å². The standard InChI is InChI=1S/C22H26ClN3/c1-15-12-20-22(21(16(15)2)25-19-6-4-3-5-7-19)24-14-26(20)13-17-8-10-18(23)11-9-17/h8-12,14,19,25H,3-7,13H2,1-2H3. The Kier molecular flexibility index (Phi) is 4.90. The molecule has 1 aliphatic carbocycles. The van der Waals surface area contributed by atoms with Crippen LogP contribution in [-0.4, -0.2) is 15.6 Å². The summed E-state index contributed by atoms with van der Waals surface area (Å²) in [5.41, 5.74) is 7.37. The Balaban J connectivity index is 1.69. The molecule has 1 aromatic heterocycles. The first kappa shape index (κ1) is 17.4. The molecule has 4 rings (SSSR count). The van der Waals surface area contributed by atoms with Crippen molar-refractivity contribution < 1.29 is 0 Å². The molecule has 4 heteroatoms. The highest BCUT2D eigenvalue weighted by Gasteiger charge is 2.18. The first-order chi connectivity index (χ1) is 12.6. The van der Waals surface area contributed by atoms with Gasteiger partial charge in [0.15, 0.2) is 0 Å². The third-order valence-corrected chi connectivity index (χ3v) is 5.91. The highest BCUT2D eigenvalue weighted by Crippen LogP contribution is 2.32. The molecule has 26 heavy (non-hydrogen) atoms. The molecular weight excluding hydrogens is 342 g/mol. The van der Waals surface area contributed by atoms with E-state index in [1.807, 2.05) is 18.5 Å². The minimum absolute atomic E-state index is 0.578. The molecule has 0 spiro atoms.